The minimum atomic E-state index is -0.282. The lowest BCUT2D eigenvalue weighted by atomic mass is 10.2. The molecule has 0 fully saturated rings. The van der Waals surface area contributed by atoms with Crippen LogP contribution in [0.1, 0.15) is 21.1 Å². The largest absolute Gasteiger partial charge is 0.362 e. The Kier molecular flexibility index (Phi) is 4.20. The number of hydrogen-bond donors (Lipinski definition) is 1. The minimum Gasteiger partial charge on any atom is -0.362 e. The summed E-state index contributed by atoms with van der Waals surface area (Å²) < 4.78 is 0. The second-order valence-electron chi connectivity index (χ2n) is 5.36. The Morgan fingerprint density at radius 1 is 1.26 bits per heavy atom. The third kappa shape index (κ3) is 3.14. The lowest BCUT2D eigenvalue weighted by Gasteiger charge is -2.14. The molecule has 0 unspecified atom stereocenters. The highest BCUT2D eigenvalue weighted by Gasteiger charge is 2.17. The first-order chi connectivity index (χ1) is 11.1. The van der Waals surface area contributed by atoms with Crippen LogP contribution in [0.25, 0.3) is 10.9 Å². The Hall–Kier alpha value is -2.54. The topological polar surface area (TPSA) is 71.0 Å². The minimum absolute atomic E-state index is 0.188. The predicted octanol–water partition coefficient (Wildman–Crippen LogP) is 2.39. The number of pyridine rings is 1. The Bertz CT molecular complexity index is 844. The number of nitrogens with one attached hydrogen (secondary N) is 1. The lowest BCUT2D eigenvalue weighted by molar-refractivity contribution is 0.0941. The number of rotatable bonds is 4. The number of aryl methyl sites for hydroxylation is 1. The molecule has 0 aromatic carbocycles. The third-order valence-electron chi connectivity index (χ3n) is 3.45. The average Bonchev–Trinajstić information content (AvgIpc) is 2.94. The number of thiophene rings is 1. The summed E-state index contributed by atoms with van der Waals surface area (Å²) in [6, 6.07) is 3.72. The van der Waals surface area contributed by atoms with E-state index in [1.165, 1.54) is 0 Å². The van der Waals surface area contributed by atoms with E-state index in [2.05, 4.69) is 20.3 Å². The monoisotopic (exact) mass is 327 g/mol. The van der Waals surface area contributed by atoms with Gasteiger partial charge >= 0.3 is 0 Å². The maximum atomic E-state index is 12.4. The number of fused-ring (bicyclic) bond motifs is 1. The summed E-state index contributed by atoms with van der Waals surface area (Å²) in [5, 5.41) is 5.81. The van der Waals surface area contributed by atoms with Gasteiger partial charge < -0.3 is 10.2 Å². The van der Waals surface area contributed by atoms with Crippen molar-refractivity contribution in [2.45, 2.75) is 13.5 Å². The second kappa shape index (κ2) is 6.29. The molecule has 118 valence electrons. The Balaban J connectivity index is 1.88. The van der Waals surface area contributed by atoms with Crippen LogP contribution in [0.15, 0.2) is 29.9 Å². The van der Waals surface area contributed by atoms with Crippen LogP contribution in [0, 0.1) is 6.92 Å². The maximum Gasteiger partial charge on any atom is 0.289 e. The molecular formula is C16H17N5OS. The molecule has 7 heteroatoms. The zero-order chi connectivity index (χ0) is 16.4. The van der Waals surface area contributed by atoms with Gasteiger partial charge in [-0.25, -0.2) is 9.97 Å². The summed E-state index contributed by atoms with van der Waals surface area (Å²) in [5.74, 6) is 0.673. The summed E-state index contributed by atoms with van der Waals surface area (Å²) >= 11 is 1.61. The van der Waals surface area contributed by atoms with E-state index in [1.807, 2.05) is 43.4 Å². The van der Waals surface area contributed by atoms with Gasteiger partial charge in [0, 0.05) is 43.3 Å². The van der Waals surface area contributed by atoms with Gasteiger partial charge in [-0.05, 0) is 24.6 Å². The van der Waals surface area contributed by atoms with Gasteiger partial charge in [-0.1, -0.05) is 0 Å². The van der Waals surface area contributed by atoms with Crippen LogP contribution in [0.5, 0.6) is 0 Å². The van der Waals surface area contributed by atoms with Gasteiger partial charge in [-0.2, -0.15) is 0 Å². The molecule has 3 heterocycles. The molecule has 1 N–H and O–H groups in total. The van der Waals surface area contributed by atoms with Crippen molar-refractivity contribution >= 4 is 34.0 Å². The van der Waals surface area contributed by atoms with E-state index in [-0.39, 0.29) is 11.7 Å². The number of aromatic nitrogens is 3. The molecular weight excluding hydrogens is 310 g/mol. The van der Waals surface area contributed by atoms with Gasteiger partial charge in [0.25, 0.3) is 5.91 Å². The maximum absolute atomic E-state index is 12.4. The highest BCUT2D eigenvalue weighted by Crippen LogP contribution is 2.30. The Morgan fingerprint density at radius 2 is 2.00 bits per heavy atom. The molecule has 0 aliphatic heterocycles. The number of nitrogens with zero attached hydrogens (tertiary/aromatic N) is 4. The Labute approximate surface area is 138 Å². The molecule has 0 aliphatic rings. The second-order valence-corrected chi connectivity index (χ2v) is 6.44. The van der Waals surface area contributed by atoms with E-state index in [0.717, 1.165) is 27.2 Å². The molecule has 0 spiro atoms. The van der Waals surface area contributed by atoms with Crippen LogP contribution in [0.2, 0.25) is 0 Å². The number of carbonyl (C=O) groups excluding carboxylic acids is 1. The van der Waals surface area contributed by atoms with Crippen molar-refractivity contribution in [3.63, 3.8) is 0 Å². The first-order valence-electron chi connectivity index (χ1n) is 7.16. The van der Waals surface area contributed by atoms with E-state index in [4.69, 9.17) is 0 Å². The van der Waals surface area contributed by atoms with Crippen molar-refractivity contribution in [2.75, 3.05) is 19.0 Å². The molecule has 3 rings (SSSR count). The molecule has 6 nitrogen and oxygen atoms in total. The molecule has 0 radical (unpaired) electrons. The highest BCUT2D eigenvalue weighted by molar-refractivity contribution is 7.11. The van der Waals surface area contributed by atoms with Crippen molar-refractivity contribution in [2.24, 2.45) is 0 Å². The average molecular weight is 327 g/mol. The molecule has 3 aromatic heterocycles. The number of amides is 1. The van der Waals surface area contributed by atoms with Crippen LogP contribution in [0.3, 0.4) is 0 Å². The van der Waals surface area contributed by atoms with Crippen molar-refractivity contribution < 1.29 is 4.79 Å². The molecule has 0 aliphatic carbocycles. The molecule has 0 saturated carbocycles. The molecule has 0 bridgehead atoms. The van der Waals surface area contributed by atoms with E-state index in [9.17, 15) is 4.79 Å². The third-order valence-corrected chi connectivity index (χ3v) is 4.35. The number of carbonyl (C=O) groups is 1. The van der Waals surface area contributed by atoms with Crippen molar-refractivity contribution in [3.05, 3.63) is 46.2 Å². The summed E-state index contributed by atoms with van der Waals surface area (Å²) in [4.78, 5) is 28.2. The zero-order valence-electron chi connectivity index (χ0n) is 13.2. The molecule has 0 atom stereocenters. The van der Waals surface area contributed by atoms with Gasteiger partial charge in [0.15, 0.2) is 0 Å². The lowest BCUT2D eigenvalue weighted by Crippen LogP contribution is -2.26. The first-order valence-corrected chi connectivity index (χ1v) is 8.04. The SMILES string of the molecule is Cc1scc2nc(C(=O)NCc3ccncc3)nc(N(C)C)c12. The normalized spacial score (nSPS) is 10.7. The van der Waals surface area contributed by atoms with E-state index < -0.39 is 0 Å². The quantitative estimate of drug-likeness (QED) is 0.797. The van der Waals surface area contributed by atoms with Crippen LogP contribution in [0.4, 0.5) is 5.82 Å². The molecule has 23 heavy (non-hydrogen) atoms. The zero-order valence-corrected chi connectivity index (χ0v) is 14.0. The highest BCUT2D eigenvalue weighted by atomic mass is 32.1. The van der Waals surface area contributed by atoms with Crippen molar-refractivity contribution in [1.82, 2.24) is 20.3 Å². The fourth-order valence-corrected chi connectivity index (χ4v) is 3.05. The van der Waals surface area contributed by atoms with E-state index >= 15 is 0 Å². The van der Waals surface area contributed by atoms with E-state index in [0.29, 0.717) is 6.54 Å². The summed E-state index contributed by atoms with van der Waals surface area (Å²) in [7, 11) is 3.83. The van der Waals surface area contributed by atoms with Crippen LogP contribution < -0.4 is 10.2 Å². The van der Waals surface area contributed by atoms with E-state index in [1.54, 1.807) is 23.7 Å². The van der Waals surface area contributed by atoms with Crippen molar-refractivity contribution in [3.8, 4) is 0 Å². The number of hydrogen-bond acceptors (Lipinski definition) is 6. The van der Waals surface area contributed by atoms with Gasteiger partial charge in [-0.3, -0.25) is 9.78 Å². The first kappa shape index (κ1) is 15.4. The summed E-state index contributed by atoms with van der Waals surface area (Å²) in [6.45, 7) is 2.45. The van der Waals surface area contributed by atoms with Gasteiger partial charge in [0.05, 0.1) is 10.9 Å². The molecule has 0 saturated heterocycles. The fraction of sp³-hybridized carbons (Fsp3) is 0.250. The van der Waals surface area contributed by atoms with Gasteiger partial charge in [0.2, 0.25) is 5.82 Å². The summed E-state index contributed by atoms with van der Waals surface area (Å²) in [5.41, 5.74) is 1.79. The standard InChI is InChI=1S/C16H17N5OS/c1-10-13-12(9-23-10)19-14(20-15(13)21(2)3)16(22)18-8-11-4-6-17-7-5-11/h4-7,9H,8H2,1-3H3,(H,18,22). The molecule has 1 amide bonds. The predicted molar refractivity (Wildman–Crippen MR) is 91.9 cm³/mol. The summed E-state index contributed by atoms with van der Waals surface area (Å²) in [6.07, 6.45) is 3.39. The van der Waals surface area contributed by atoms with Crippen molar-refractivity contribution in [1.29, 1.82) is 0 Å². The van der Waals surface area contributed by atoms with Crippen LogP contribution in [-0.4, -0.2) is 35.0 Å². The molecule has 3 aromatic rings. The Morgan fingerprint density at radius 3 is 2.70 bits per heavy atom. The van der Waals surface area contributed by atoms with Crippen LogP contribution in [-0.2, 0) is 6.54 Å². The number of anilines is 1. The van der Waals surface area contributed by atoms with Crippen LogP contribution >= 0.6 is 11.3 Å². The fourth-order valence-electron chi connectivity index (χ4n) is 2.28. The van der Waals surface area contributed by atoms with Gasteiger partial charge in [-0.15, -0.1) is 11.3 Å². The van der Waals surface area contributed by atoms with Gasteiger partial charge in [0.1, 0.15) is 5.82 Å². The smallest absolute Gasteiger partial charge is 0.289 e.